The third-order valence-electron chi connectivity index (χ3n) is 1.92. The van der Waals surface area contributed by atoms with Crippen LogP contribution in [0.15, 0.2) is 12.7 Å². The summed E-state index contributed by atoms with van der Waals surface area (Å²) in [5.41, 5.74) is 0. The summed E-state index contributed by atoms with van der Waals surface area (Å²) in [6, 6.07) is 0. The average Bonchev–Trinajstić information content (AvgIpc) is 2.15. The molecule has 0 spiro atoms. The van der Waals surface area contributed by atoms with Crippen LogP contribution in [0.3, 0.4) is 0 Å². The molecule has 14 heavy (non-hydrogen) atoms. The molecule has 1 rings (SSSR count). The Morgan fingerprint density at radius 3 is 2.71 bits per heavy atom. The maximum absolute atomic E-state index is 12.3. The summed E-state index contributed by atoms with van der Waals surface area (Å²) in [6.07, 6.45) is -3.19. The Bertz CT molecular complexity index is 241. The Kier molecular flexibility index (Phi) is 3.47. The number of carbonyl (C=O) groups is 1. The summed E-state index contributed by atoms with van der Waals surface area (Å²) >= 11 is 0.849. The van der Waals surface area contributed by atoms with Crippen LogP contribution < -0.4 is 0 Å². The van der Waals surface area contributed by atoms with E-state index in [1.54, 1.807) is 0 Å². The molecule has 1 heterocycles. The second-order valence-corrected chi connectivity index (χ2v) is 4.20. The number of carbonyl (C=O) groups excluding carboxylic acids is 1. The largest absolute Gasteiger partial charge is 0.402 e. The molecular formula is C8H10F3NOS. The van der Waals surface area contributed by atoms with Crippen molar-refractivity contribution in [3.63, 3.8) is 0 Å². The first-order valence-corrected chi connectivity index (χ1v) is 5.09. The Morgan fingerprint density at radius 1 is 1.57 bits per heavy atom. The maximum Gasteiger partial charge on any atom is 0.402 e. The van der Waals surface area contributed by atoms with E-state index in [4.69, 9.17) is 0 Å². The minimum atomic E-state index is -4.23. The fraction of sp³-hybridized carbons (Fsp3) is 0.625. The molecule has 1 atom stereocenters. The van der Waals surface area contributed by atoms with Crippen LogP contribution in [0.5, 0.6) is 0 Å². The number of alkyl halides is 3. The van der Waals surface area contributed by atoms with Crippen molar-refractivity contribution in [2.45, 2.75) is 11.4 Å². The van der Waals surface area contributed by atoms with Crippen LogP contribution in [0.2, 0.25) is 0 Å². The number of hydrogen-bond acceptors (Lipinski definition) is 2. The van der Waals surface area contributed by atoms with Gasteiger partial charge in [0.25, 0.3) is 0 Å². The molecule has 1 unspecified atom stereocenters. The summed E-state index contributed by atoms with van der Waals surface area (Å²) in [5.74, 6) is -0.108. The van der Waals surface area contributed by atoms with Crippen LogP contribution in [0, 0.1) is 0 Å². The van der Waals surface area contributed by atoms with Gasteiger partial charge in [-0.05, 0) is 6.08 Å². The van der Waals surface area contributed by atoms with Gasteiger partial charge in [-0.2, -0.15) is 13.2 Å². The lowest BCUT2D eigenvalue weighted by molar-refractivity contribution is -0.140. The molecule has 1 saturated heterocycles. The maximum atomic E-state index is 12.3. The van der Waals surface area contributed by atoms with Crippen molar-refractivity contribution < 1.29 is 18.0 Å². The molecule has 80 valence electrons. The number of hydrogen-bond donors (Lipinski definition) is 0. The molecule has 6 heteroatoms. The van der Waals surface area contributed by atoms with Crippen molar-refractivity contribution in [1.29, 1.82) is 0 Å². The molecule has 1 aliphatic rings. The van der Waals surface area contributed by atoms with Crippen molar-refractivity contribution in [3.05, 3.63) is 12.7 Å². The standard InChI is InChI=1S/C8H10F3NOS/c1-2-7(13)12-3-4-14-6(5-12)8(9,10)11/h2,6H,1,3-5H2. The average molecular weight is 225 g/mol. The van der Waals surface area contributed by atoms with Crippen molar-refractivity contribution in [2.24, 2.45) is 0 Å². The predicted molar refractivity (Wildman–Crippen MR) is 49.1 cm³/mol. The van der Waals surface area contributed by atoms with E-state index in [1.807, 2.05) is 0 Å². The summed E-state index contributed by atoms with van der Waals surface area (Å²) < 4.78 is 36.9. The normalized spacial score (nSPS) is 23.4. The zero-order valence-electron chi connectivity index (χ0n) is 7.38. The van der Waals surface area contributed by atoms with Gasteiger partial charge < -0.3 is 4.90 Å². The fourth-order valence-corrected chi connectivity index (χ4v) is 2.26. The Morgan fingerprint density at radius 2 is 2.21 bits per heavy atom. The Hall–Kier alpha value is -0.650. The predicted octanol–water partition coefficient (Wildman–Crippen LogP) is 1.68. The lowest BCUT2D eigenvalue weighted by Gasteiger charge is -2.32. The van der Waals surface area contributed by atoms with Gasteiger partial charge in [0.15, 0.2) is 0 Å². The Labute approximate surface area is 84.1 Å². The molecule has 0 bridgehead atoms. The first-order valence-electron chi connectivity index (χ1n) is 4.05. The van der Waals surface area contributed by atoms with Gasteiger partial charge in [-0.3, -0.25) is 4.79 Å². The number of nitrogens with zero attached hydrogens (tertiary/aromatic N) is 1. The van der Waals surface area contributed by atoms with E-state index in [0.29, 0.717) is 12.3 Å². The van der Waals surface area contributed by atoms with Gasteiger partial charge in [-0.1, -0.05) is 6.58 Å². The smallest absolute Gasteiger partial charge is 0.337 e. The van der Waals surface area contributed by atoms with Crippen molar-refractivity contribution in [1.82, 2.24) is 4.90 Å². The Balaban J connectivity index is 2.60. The first kappa shape index (κ1) is 11.4. The van der Waals surface area contributed by atoms with E-state index >= 15 is 0 Å². The van der Waals surface area contributed by atoms with Crippen molar-refractivity contribution in [2.75, 3.05) is 18.8 Å². The summed E-state index contributed by atoms with van der Waals surface area (Å²) in [5, 5.41) is -1.46. The van der Waals surface area contributed by atoms with Crippen LogP contribution in [0.1, 0.15) is 0 Å². The summed E-state index contributed by atoms with van der Waals surface area (Å²) in [6.45, 7) is 3.34. The van der Waals surface area contributed by atoms with Gasteiger partial charge in [-0.15, -0.1) is 11.8 Å². The SMILES string of the molecule is C=CC(=O)N1CCSC(C(F)(F)F)C1. The molecule has 0 aromatic heterocycles. The molecule has 1 aliphatic heterocycles. The molecule has 2 nitrogen and oxygen atoms in total. The van der Waals surface area contributed by atoms with Crippen molar-refractivity contribution in [3.8, 4) is 0 Å². The van der Waals surface area contributed by atoms with Gasteiger partial charge >= 0.3 is 6.18 Å². The molecule has 0 N–H and O–H groups in total. The highest BCUT2D eigenvalue weighted by atomic mass is 32.2. The topological polar surface area (TPSA) is 20.3 Å². The van der Waals surface area contributed by atoms with Gasteiger partial charge in [0.1, 0.15) is 5.25 Å². The van der Waals surface area contributed by atoms with Crippen LogP contribution in [0.4, 0.5) is 13.2 Å². The summed E-state index contributed by atoms with van der Waals surface area (Å²) in [4.78, 5) is 12.3. The second kappa shape index (κ2) is 4.25. The summed E-state index contributed by atoms with van der Waals surface area (Å²) in [7, 11) is 0. The number of halogens is 3. The van der Waals surface area contributed by atoms with Crippen LogP contribution in [-0.4, -0.2) is 41.1 Å². The highest BCUT2D eigenvalue weighted by Crippen LogP contribution is 2.33. The van der Waals surface area contributed by atoms with E-state index in [1.165, 1.54) is 4.90 Å². The minimum absolute atomic E-state index is 0.265. The monoisotopic (exact) mass is 225 g/mol. The minimum Gasteiger partial charge on any atom is -0.337 e. The molecule has 0 saturated carbocycles. The molecule has 1 fully saturated rings. The van der Waals surface area contributed by atoms with Gasteiger partial charge in [0.05, 0.1) is 0 Å². The fourth-order valence-electron chi connectivity index (χ4n) is 1.18. The number of thioether (sulfide) groups is 1. The first-order chi connectivity index (χ1) is 6.45. The van der Waals surface area contributed by atoms with Crippen molar-refractivity contribution >= 4 is 17.7 Å². The third-order valence-corrected chi connectivity index (χ3v) is 3.15. The quantitative estimate of drug-likeness (QED) is 0.633. The molecular weight excluding hydrogens is 215 g/mol. The van der Waals surface area contributed by atoms with Gasteiger partial charge in [0.2, 0.25) is 5.91 Å². The van der Waals surface area contributed by atoms with Crippen LogP contribution >= 0.6 is 11.8 Å². The zero-order chi connectivity index (χ0) is 10.8. The third kappa shape index (κ3) is 2.67. The molecule has 0 radical (unpaired) electrons. The van der Waals surface area contributed by atoms with E-state index in [0.717, 1.165) is 17.8 Å². The van der Waals surface area contributed by atoms with Crippen LogP contribution in [0.25, 0.3) is 0 Å². The zero-order valence-corrected chi connectivity index (χ0v) is 8.20. The van der Waals surface area contributed by atoms with Crippen LogP contribution in [-0.2, 0) is 4.79 Å². The highest BCUT2D eigenvalue weighted by Gasteiger charge is 2.43. The number of amides is 1. The van der Waals surface area contributed by atoms with E-state index in [9.17, 15) is 18.0 Å². The highest BCUT2D eigenvalue weighted by molar-refractivity contribution is 8.00. The lowest BCUT2D eigenvalue weighted by Crippen LogP contribution is -2.46. The lowest BCUT2D eigenvalue weighted by atomic mass is 10.3. The van der Waals surface area contributed by atoms with E-state index in [2.05, 4.69) is 6.58 Å². The molecule has 0 aliphatic carbocycles. The van der Waals surface area contributed by atoms with E-state index < -0.39 is 17.3 Å². The molecule has 1 amide bonds. The van der Waals surface area contributed by atoms with E-state index in [-0.39, 0.29) is 6.54 Å². The number of rotatable bonds is 1. The van der Waals surface area contributed by atoms with Gasteiger partial charge in [0, 0.05) is 18.8 Å². The molecule has 0 aromatic carbocycles. The molecule has 0 aromatic rings. The van der Waals surface area contributed by atoms with Gasteiger partial charge in [-0.25, -0.2) is 0 Å². The second-order valence-electron chi connectivity index (χ2n) is 2.89.